The van der Waals surface area contributed by atoms with Gasteiger partial charge in [-0.2, -0.15) is 0 Å². The molecule has 0 atom stereocenters. The van der Waals surface area contributed by atoms with Crippen molar-refractivity contribution >= 4 is 22.8 Å². The molecule has 6 heteroatoms. The second-order valence-corrected chi connectivity index (χ2v) is 4.60. The van der Waals surface area contributed by atoms with Gasteiger partial charge in [0.2, 0.25) is 0 Å². The van der Waals surface area contributed by atoms with Crippen molar-refractivity contribution in [3.8, 4) is 0 Å². The number of imidazole rings is 1. The summed E-state index contributed by atoms with van der Waals surface area (Å²) >= 11 is 0. The lowest BCUT2D eigenvalue weighted by molar-refractivity contribution is 0.0973. The van der Waals surface area contributed by atoms with Crippen molar-refractivity contribution < 1.29 is 4.79 Å². The third-order valence-corrected chi connectivity index (χ3v) is 3.08. The zero-order chi connectivity index (χ0) is 14.1. The molecule has 2 N–H and O–H groups in total. The number of anilines is 1. The average molecular weight is 267 g/mol. The molecule has 1 aromatic carbocycles. The number of hydrogen-bond donors (Lipinski definition) is 1. The van der Waals surface area contributed by atoms with Gasteiger partial charge in [-0.1, -0.05) is 23.8 Å². The summed E-state index contributed by atoms with van der Waals surface area (Å²) in [6.45, 7) is 2.13. The number of aromatic nitrogens is 4. The summed E-state index contributed by atoms with van der Waals surface area (Å²) in [6, 6.07) is 7.49. The Kier molecular flexibility index (Phi) is 2.90. The maximum absolute atomic E-state index is 12.3. The van der Waals surface area contributed by atoms with Gasteiger partial charge in [-0.3, -0.25) is 4.79 Å². The molecule has 0 radical (unpaired) electrons. The van der Waals surface area contributed by atoms with Crippen molar-refractivity contribution in [3.63, 3.8) is 0 Å². The summed E-state index contributed by atoms with van der Waals surface area (Å²) in [5, 5.41) is 0. The molecule has 0 bridgehead atoms. The van der Waals surface area contributed by atoms with E-state index in [0.29, 0.717) is 22.5 Å². The van der Waals surface area contributed by atoms with Gasteiger partial charge in [0.25, 0.3) is 0 Å². The maximum Gasteiger partial charge on any atom is 0.182 e. The Balaban J connectivity index is 1.94. The molecule has 6 nitrogen and oxygen atoms in total. The molecule has 2 aromatic heterocycles. The first kappa shape index (κ1) is 12.3. The molecular weight excluding hydrogens is 254 g/mol. The van der Waals surface area contributed by atoms with E-state index < -0.39 is 0 Å². The molecule has 0 fully saturated rings. The molecule has 0 aliphatic rings. The van der Waals surface area contributed by atoms with Gasteiger partial charge in [-0.15, -0.1) is 0 Å². The number of fused-ring (bicyclic) bond motifs is 1. The SMILES string of the molecule is Cc1cccc(C(=O)Cn2cnc3c(N)ncnc32)c1. The van der Waals surface area contributed by atoms with Crippen molar-refractivity contribution in [2.75, 3.05) is 5.73 Å². The zero-order valence-corrected chi connectivity index (χ0v) is 10.9. The van der Waals surface area contributed by atoms with Gasteiger partial charge in [0.15, 0.2) is 17.2 Å². The van der Waals surface area contributed by atoms with Gasteiger partial charge in [0.1, 0.15) is 11.8 Å². The van der Waals surface area contributed by atoms with Crippen molar-refractivity contribution in [2.24, 2.45) is 0 Å². The maximum atomic E-state index is 12.3. The smallest absolute Gasteiger partial charge is 0.182 e. The molecule has 0 saturated heterocycles. The first-order valence-corrected chi connectivity index (χ1v) is 6.16. The largest absolute Gasteiger partial charge is 0.382 e. The molecule has 0 aliphatic heterocycles. The number of benzene rings is 1. The minimum Gasteiger partial charge on any atom is -0.382 e. The Morgan fingerprint density at radius 2 is 2.15 bits per heavy atom. The van der Waals surface area contributed by atoms with Crippen molar-refractivity contribution in [2.45, 2.75) is 13.5 Å². The Bertz CT molecular complexity index is 793. The Morgan fingerprint density at radius 1 is 1.30 bits per heavy atom. The summed E-state index contributed by atoms with van der Waals surface area (Å²) in [6.07, 6.45) is 2.93. The van der Waals surface area contributed by atoms with Gasteiger partial charge in [0, 0.05) is 5.56 Å². The number of Topliss-reactive ketones (excluding diaryl/α,β-unsaturated/α-hetero) is 1. The second-order valence-electron chi connectivity index (χ2n) is 4.60. The summed E-state index contributed by atoms with van der Waals surface area (Å²) in [5.74, 6) is 0.321. The fourth-order valence-electron chi connectivity index (χ4n) is 2.08. The third kappa shape index (κ3) is 2.11. The van der Waals surface area contributed by atoms with Gasteiger partial charge >= 0.3 is 0 Å². The van der Waals surface area contributed by atoms with Crippen molar-refractivity contribution in [1.82, 2.24) is 19.5 Å². The van der Waals surface area contributed by atoms with Gasteiger partial charge in [-0.05, 0) is 13.0 Å². The molecule has 0 amide bonds. The van der Waals surface area contributed by atoms with Gasteiger partial charge < -0.3 is 10.3 Å². The molecule has 0 aliphatic carbocycles. The molecule has 100 valence electrons. The second kappa shape index (κ2) is 4.73. The Morgan fingerprint density at radius 3 is 2.95 bits per heavy atom. The summed E-state index contributed by atoms with van der Waals surface area (Å²) < 4.78 is 1.68. The highest BCUT2D eigenvalue weighted by molar-refractivity contribution is 5.96. The van der Waals surface area contributed by atoms with E-state index in [2.05, 4.69) is 15.0 Å². The van der Waals surface area contributed by atoms with Crippen LogP contribution in [0.15, 0.2) is 36.9 Å². The van der Waals surface area contributed by atoms with Crippen LogP contribution in [0.25, 0.3) is 11.2 Å². The van der Waals surface area contributed by atoms with Crippen LogP contribution in [0.2, 0.25) is 0 Å². The quantitative estimate of drug-likeness (QED) is 0.728. The summed E-state index contributed by atoms with van der Waals surface area (Å²) in [4.78, 5) is 24.4. The zero-order valence-electron chi connectivity index (χ0n) is 10.9. The number of rotatable bonds is 3. The third-order valence-electron chi connectivity index (χ3n) is 3.08. The highest BCUT2D eigenvalue weighted by Gasteiger charge is 2.12. The average Bonchev–Trinajstić information content (AvgIpc) is 2.83. The summed E-state index contributed by atoms with van der Waals surface area (Å²) in [7, 11) is 0. The van der Waals surface area contributed by atoms with Crippen LogP contribution >= 0.6 is 0 Å². The van der Waals surface area contributed by atoms with E-state index >= 15 is 0 Å². The first-order valence-electron chi connectivity index (χ1n) is 6.16. The Hall–Kier alpha value is -2.76. The molecule has 0 unspecified atom stereocenters. The minimum absolute atomic E-state index is 0.00480. The van der Waals surface area contributed by atoms with Crippen LogP contribution in [-0.4, -0.2) is 25.3 Å². The number of carbonyl (C=O) groups excluding carboxylic acids is 1. The highest BCUT2D eigenvalue weighted by atomic mass is 16.1. The minimum atomic E-state index is 0.00480. The molecule has 3 rings (SSSR count). The molecule has 3 aromatic rings. The molecule has 0 spiro atoms. The van der Waals surface area contributed by atoms with Crippen LogP contribution in [0.1, 0.15) is 15.9 Å². The number of aryl methyl sites for hydroxylation is 1. The van der Waals surface area contributed by atoms with E-state index in [9.17, 15) is 4.79 Å². The van der Waals surface area contributed by atoms with Crippen LogP contribution in [0, 0.1) is 6.92 Å². The standard InChI is InChI=1S/C14H13N5O/c1-9-3-2-4-10(5-9)11(20)6-19-8-18-12-13(15)16-7-17-14(12)19/h2-5,7-8H,6H2,1H3,(H2,15,16,17). The fourth-order valence-corrected chi connectivity index (χ4v) is 2.08. The number of nitrogen functional groups attached to an aromatic ring is 1. The van der Waals surface area contributed by atoms with Crippen LogP contribution in [-0.2, 0) is 6.54 Å². The number of carbonyl (C=O) groups is 1. The lowest BCUT2D eigenvalue weighted by atomic mass is 10.1. The molecule has 0 saturated carbocycles. The van der Waals surface area contributed by atoms with Crippen LogP contribution in [0.4, 0.5) is 5.82 Å². The van der Waals surface area contributed by atoms with Crippen LogP contribution in [0.5, 0.6) is 0 Å². The van der Waals surface area contributed by atoms with Gasteiger partial charge in [0.05, 0.1) is 12.9 Å². The normalized spacial score (nSPS) is 10.8. The van der Waals surface area contributed by atoms with E-state index in [1.165, 1.54) is 6.33 Å². The molecule has 2 heterocycles. The molecular formula is C14H13N5O. The lowest BCUT2D eigenvalue weighted by Gasteiger charge is -2.04. The fraction of sp³-hybridized carbons (Fsp3) is 0.143. The van der Waals surface area contributed by atoms with E-state index in [1.807, 2.05) is 25.1 Å². The van der Waals surface area contributed by atoms with E-state index in [1.54, 1.807) is 17.0 Å². The van der Waals surface area contributed by atoms with E-state index in [0.717, 1.165) is 5.56 Å². The lowest BCUT2D eigenvalue weighted by Crippen LogP contribution is -2.10. The first-order chi connectivity index (χ1) is 9.65. The van der Waals surface area contributed by atoms with Crippen LogP contribution < -0.4 is 5.73 Å². The van der Waals surface area contributed by atoms with Crippen LogP contribution in [0.3, 0.4) is 0 Å². The number of hydrogen-bond acceptors (Lipinski definition) is 5. The predicted octanol–water partition coefficient (Wildman–Crippen LogP) is 1.60. The predicted molar refractivity (Wildman–Crippen MR) is 75.2 cm³/mol. The van der Waals surface area contributed by atoms with Crippen molar-refractivity contribution in [1.29, 1.82) is 0 Å². The highest BCUT2D eigenvalue weighted by Crippen LogP contribution is 2.15. The van der Waals surface area contributed by atoms with E-state index in [-0.39, 0.29) is 12.3 Å². The monoisotopic (exact) mass is 267 g/mol. The topological polar surface area (TPSA) is 86.7 Å². The summed E-state index contributed by atoms with van der Waals surface area (Å²) in [5.41, 5.74) is 8.53. The number of nitrogens with zero attached hydrogens (tertiary/aromatic N) is 4. The van der Waals surface area contributed by atoms with Gasteiger partial charge in [-0.25, -0.2) is 15.0 Å². The number of nitrogens with two attached hydrogens (primary N) is 1. The van der Waals surface area contributed by atoms with Crippen molar-refractivity contribution in [3.05, 3.63) is 48.0 Å². The molecule has 20 heavy (non-hydrogen) atoms. The van der Waals surface area contributed by atoms with E-state index in [4.69, 9.17) is 5.73 Å². The number of ketones is 1. The Labute approximate surface area is 115 Å².